The van der Waals surface area contributed by atoms with Crippen molar-refractivity contribution in [3.63, 3.8) is 0 Å². The van der Waals surface area contributed by atoms with Crippen LogP contribution in [0.1, 0.15) is 6.42 Å². The third-order valence-electron chi connectivity index (χ3n) is 2.42. The molecule has 0 atom stereocenters. The van der Waals surface area contributed by atoms with Crippen molar-refractivity contribution in [2.45, 2.75) is 38.7 Å². The van der Waals surface area contributed by atoms with E-state index in [9.17, 15) is 0 Å². The van der Waals surface area contributed by atoms with E-state index in [0.717, 1.165) is 19.1 Å². The minimum Gasteiger partial charge on any atom is -0.420 e. The second-order valence-electron chi connectivity index (χ2n) is 4.52. The van der Waals surface area contributed by atoms with Gasteiger partial charge in [0.05, 0.1) is 0 Å². The van der Waals surface area contributed by atoms with Gasteiger partial charge in [0.1, 0.15) is 0 Å². The van der Waals surface area contributed by atoms with Gasteiger partial charge in [0, 0.05) is 20.8 Å². The van der Waals surface area contributed by atoms with E-state index in [1.54, 1.807) is 14.2 Å². The van der Waals surface area contributed by atoms with E-state index >= 15 is 0 Å². The Morgan fingerprint density at radius 1 is 0.929 bits per heavy atom. The molecule has 0 aromatic rings. The van der Waals surface area contributed by atoms with Crippen molar-refractivity contribution in [1.82, 2.24) is 0 Å². The lowest BCUT2D eigenvalue weighted by Crippen LogP contribution is -2.34. The molecule has 0 radical (unpaired) electrons. The molecule has 0 bridgehead atoms. The molecule has 0 rings (SSSR count). The largest absolute Gasteiger partial charge is 0.420 e. The number of rotatable bonds is 7. The van der Waals surface area contributed by atoms with Crippen LogP contribution in [0.3, 0.4) is 0 Å². The second kappa shape index (κ2) is 6.02. The van der Waals surface area contributed by atoms with Crippen molar-refractivity contribution in [1.29, 1.82) is 0 Å². The zero-order valence-electron chi connectivity index (χ0n) is 10.3. The van der Waals surface area contributed by atoms with Crippen LogP contribution in [0.2, 0.25) is 32.2 Å². The molecule has 3 nitrogen and oxygen atoms in total. The van der Waals surface area contributed by atoms with Crippen LogP contribution in [0.15, 0.2) is 0 Å². The number of hydrogen-bond donors (Lipinski definition) is 0. The molecule has 0 aliphatic heterocycles. The maximum absolute atomic E-state index is 5.70. The normalized spacial score (nSPS) is 13.3. The first-order valence-electron chi connectivity index (χ1n) is 5.07. The molecule has 0 heterocycles. The maximum Gasteiger partial charge on any atom is 0.331 e. The Bertz CT molecular complexity index is 142. The van der Waals surface area contributed by atoms with E-state index in [1.165, 1.54) is 0 Å². The third-order valence-corrected chi connectivity index (χ3v) is 6.96. The first-order valence-corrected chi connectivity index (χ1v) is 11.0. The molecular weight excluding hydrogens is 212 g/mol. The van der Waals surface area contributed by atoms with Gasteiger partial charge >= 0.3 is 8.56 Å². The molecule has 0 amide bonds. The van der Waals surface area contributed by atoms with E-state index in [2.05, 4.69) is 26.2 Å². The van der Waals surface area contributed by atoms with Crippen molar-refractivity contribution in [2.24, 2.45) is 0 Å². The zero-order valence-corrected chi connectivity index (χ0v) is 12.3. The molecule has 0 aliphatic rings. The van der Waals surface area contributed by atoms with E-state index in [4.69, 9.17) is 13.3 Å². The van der Waals surface area contributed by atoms with Crippen LogP contribution in [0.25, 0.3) is 0 Å². The molecule has 0 aromatic heterocycles. The van der Waals surface area contributed by atoms with Gasteiger partial charge in [-0.25, -0.2) is 0 Å². The average molecular weight is 236 g/mol. The standard InChI is InChI=1S/C9H24O3Si2/c1-10-13(3,4)9-7-8-12-14(5,6)11-2/h7-9H2,1-6H3. The minimum absolute atomic E-state index is 0.798. The smallest absolute Gasteiger partial charge is 0.331 e. The molecular formula is C9H24O3Si2. The van der Waals surface area contributed by atoms with Crippen molar-refractivity contribution in [3.05, 3.63) is 0 Å². The molecule has 0 aliphatic carbocycles. The van der Waals surface area contributed by atoms with Gasteiger partial charge in [0.25, 0.3) is 0 Å². The van der Waals surface area contributed by atoms with Gasteiger partial charge < -0.3 is 13.3 Å². The Labute approximate surface area is 90.1 Å². The molecule has 0 unspecified atom stereocenters. The molecule has 86 valence electrons. The predicted octanol–water partition coefficient (Wildman–Crippen LogP) is 2.59. The molecule has 14 heavy (non-hydrogen) atoms. The Hall–Kier alpha value is 0.314. The fourth-order valence-electron chi connectivity index (χ4n) is 0.977. The minimum atomic E-state index is -1.81. The highest BCUT2D eigenvalue weighted by atomic mass is 28.4. The Balaban J connectivity index is 3.57. The summed E-state index contributed by atoms with van der Waals surface area (Å²) in [5, 5.41) is 0. The van der Waals surface area contributed by atoms with E-state index < -0.39 is 16.9 Å². The van der Waals surface area contributed by atoms with Crippen molar-refractivity contribution < 1.29 is 13.3 Å². The topological polar surface area (TPSA) is 27.7 Å². The van der Waals surface area contributed by atoms with Crippen LogP contribution < -0.4 is 0 Å². The van der Waals surface area contributed by atoms with Crippen LogP contribution in [0, 0.1) is 0 Å². The van der Waals surface area contributed by atoms with Crippen LogP contribution in [-0.2, 0) is 13.3 Å². The Morgan fingerprint density at radius 3 is 1.93 bits per heavy atom. The van der Waals surface area contributed by atoms with Crippen LogP contribution in [0.5, 0.6) is 0 Å². The first kappa shape index (κ1) is 14.3. The van der Waals surface area contributed by atoms with Gasteiger partial charge in [-0.15, -0.1) is 0 Å². The van der Waals surface area contributed by atoms with Crippen LogP contribution >= 0.6 is 0 Å². The van der Waals surface area contributed by atoms with Gasteiger partial charge in [0.2, 0.25) is 0 Å². The highest BCUT2D eigenvalue weighted by Crippen LogP contribution is 2.13. The van der Waals surface area contributed by atoms with Crippen molar-refractivity contribution in [3.8, 4) is 0 Å². The monoisotopic (exact) mass is 236 g/mol. The Kier molecular flexibility index (Phi) is 6.15. The third kappa shape index (κ3) is 6.72. The first-order chi connectivity index (χ1) is 6.33. The SMILES string of the molecule is CO[Si](C)(C)CCCO[Si](C)(C)OC. The summed E-state index contributed by atoms with van der Waals surface area (Å²) >= 11 is 0. The lowest BCUT2D eigenvalue weighted by atomic mass is 10.5. The predicted molar refractivity (Wildman–Crippen MR) is 64.4 cm³/mol. The fraction of sp³-hybridized carbons (Fsp3) is 1.00. The lowest BCUT2D eigenvalue weighted by molar-refractivity contribution is 0.210. The highest BCUT2D eigenvalue weighted by Gasteiger charge is 2.24. The summed E-state index contributed by atoms with van der Waals surface area (Å²) in [6.07, 6.45) is 1.08. The van der Waals surface area contributed by atoms with Crippen molar-refractivity contribution in [2.75, 3.05) is 20.8 Å². The molecule has 0 fully saturated rings. The van der Waals surface area contributed by atoms with E-state index in [1.807, 2.05) is 0 Å². The maximum atomic E-state index is 5.70. The summed E-state index contributed by atoms with van der Waals surface area (Å²) in [5.41, 5.74) is 0. The summed E-state index contributed by atoms with van der Waals surface area (Å²) in [6, 6.07) is 1.15. The van der Waals surface area contributed by atoms with Crippen LogP contribution in [-0.4, -0.2) is 37.7 Å². The van der Waals surface area contributed by atoms with Gasteiger partial charge in [-0.1, -0.05) is 0 Å². The zero-order chi connectivity index (χ0) is 11.2. The Morgan fingerprint density at radius 2 is 1.50 bits per heavy atom. The molecule has 0 spiro atoms. The van der Waals surface area contributed by atoms with E-state index in [-0.39, 0.29) is 0 Å². The quantitative estimate of drug-likeness (QED) is 0.502. The summed E-state index contributed by atoms with van der Waals surface area (Å²) in [7, 11) is 0.330. The molecule has 0 saturated carbocycles. The molecule has 0 N–H and O–H groups in total. The molecule has 5 heteroatoms. The summed E-state index contributed by atoms with van der Waals surface area (Å²) in [5.74, 6) is 0. The van der Waals surface area contributed by atoms with Crippen LogP contribution in [0.4, 0.5) is 0 Å². The summed E-state index contributed by atoms with van der Waals surface area (Å²) < 4.78 is 16.5. The van der Waals surface area contributed by atoms with Gasteiger partial charge in [0.15, 0.2) is 8.32 Å². The van der Waals surface area contributed by atoms with Gasteiger partial charge in [-0.2, -0.15) is 0 Å². The van der Waals surface area contributed by atoms with Crippen molar-refractivity contribution >= 4 is 16.9 Å². The summed E-state index contributed by atoms with van der Waals surface area (Å²) in [6.45, 7) is 9.38. The summed E-state index contributed by atoms with van der Waals surface area (Å²) in [4.78, 5) is 0. The van der Waals surface area contributed by atoms with Gasteiger partial charge in [-0.3, -0.25) is 0 Å². The highest BCUT2D eigenvalue weighted by molar-refractivity contribution is 6.71. The average Bonchev–Trinajstić information content (AvgIpc) is 2.13. The molecule has 0 saturated heterocycles. The van der Waals surface area contributed by atoms with Gasteiger partial charge in [-0.05, 0) is 38.7 Å². The number of hydrogen-bond acceptors (Lipinski definition) is 3. The van der Waals surface area contributed by atoms with E-state index in [0.29, 0.717) is 0 Å². The fourth-order valence-corrected chi connectivity index (χ4v) is 2.93. The molecule has 0 aromatic carbocycles. The second-order valence-corrected chi connectivity index (χ2v) is 12.4. The lowest BCUT2D eigenvalue weighted by Gasteiger charge is -2.23.